The maximum absolute atomic E-state index is 6.73. The third-order valence-corrected chi connectivity index (χ3v) is 9.65. The van der Waals surface area contributed by atoms with Gasteiger partial charge in [-0.15, -0.1) is 0 Å². The first-order chi connectivity index (χ1) is 24.3. The number of anilines is 3. The predicted molar refractivity (Wildman–Crippen MR) is 204 cm³/mol. The van der Waals surface area contributed by atoms with Gasteiger partial charge in [0.1, 0.15) is 16.7 Å². The summed E-state index contributed by atoms with van der Waals surface area (Å²) >= 11 is 0. The van der Waals surface area contributed by atoms with E-state index in [1.807, 2.05) is 12.1 Å². The van der Waals surface area contributed by atoms with Gasteiger partial charge in [0.05, 0.1) is 5.69 Å². The largest absolute Gasteiger partial charge is 0.455 e. The van der Waals surface area contributed by atoms with Crippen molar-refractivity contribution in [2.75, 3.05) is 4.90 Å². The highest BCUT2D eigenvalue weighted by Crippen LogP contribution is 2.47. The molecule has 8 aromatic carbocycles. The standard InChI is InChI=1S/C46H29NO2/c1-3-12-30(13-4-1)31-22-25-34(26-23-31)47(41-20-11-19-38-37-18-9-10-21-42(37)48-46(38)41)35-28-39(32-14-5-2-6-15-32)45-40(29-35)44-36-17-8-7-16-33(36)24-27-43(44)49-45/h1-29H. The molecule has 49 heavy (non-hydrogen) atoms. The molecule has 230 valence electrons. The van der Waals surface area contributed by atoms with Crippen LogP contribution in [0.1, 0.15) is 0 Å². The number of benzene rings is 8. The Morgan fingerprint density at radius 2 is 1.02 bits per heavy atom. The average molecular weight is 628 g/mol. The Morgan fingerprint density at radius 3 is 1.84 bits per heavy atom. The first-order valence-electron chi connectivity index (χ1n) is 16.6. The maximum Gasteiger partial charge on any atom is 0.159 e. The molecule has 0 amide bonds. The minimum atomic E-state index is 0.847. The molecule has 0 saturated heterocycles. The third kappa shape index (κ3) is 4.44. The van der Waals surface area contributed by atoms with Crippen LogP contribution in [0.3, 0.4) is 0 Å². The Labute approximate surface area is 282 Å². The average Bonchev–Trinajstić information content (AvgIpc) is 3.75. The molecule has 3 nitrogen and oxygen atoms in total. The summed E-state index contributed by atoms with van der Waals surface area (Å²) in [5, 5.41) is 6.74. The van der Waals surface area contributed by atoms with Gasteiger partial charge in [0, 0.05) is 38.5 Å². The lowest BCUT2D eigenvalue weighted by Crippen LogP contribution is -2.10. The third-order valence-electron chi connectivity index (χ3n) is 9.65. The molecule has 3 heteroatoms. The summed E-state index contributed by atoms with van der Waals surface area (Å²) in [4.78, 5) is 2.33. The zero-order chi connectivity index (χ0) is 32.3. The normalized spacial score (nSPS) is 11.7. The Hall–Kier alpha value is -6.58. The van der Waals surface area contributed by atoms with Crippen LogP contribution in [0.4, 0.5) is 17.1 Å². The molecular weight excluding hydrogens is 599 g/mol. The monoisotopic (exact) mass is 627 g/mol. The fourth-order valence-corrected chi connectivity index (χ4v) is 7.36. The highest BCUT2D eigenvalue weighted by molar-refractivity contribution is 6.22. The van der Waals surface area contributed by atoms with Crippen LogP contribution in [0.25, 0.3) is 76.9 Å². The minimum absolute atomic E-state index is 0.847. The van der Waals surface area contributed by atoms with E-state index in [1.165, 1.54) is 21.9 Å². The molecule has 0 aliphatic heterocycles. The van der Waals surface area contributed by atoms with Gasteiger partial charge in [-0.1, -0.05) is 133 Å². The Kier molecular flexibility index (Phi) is 6.18. The lowest BCUT2D eigenvalue weighted by Gasteiger charge is -2.26. The van der Waals surface area contributed by atoms with Gasteiger partial charge in [0.2, 0.25) is 0 Å². The van der Waals surface area contributed by atoms with Crippen LogP contribution in [0.2, 0.25) is 0 Å². The molecule has 0 aliphatic carbocycles. The quantitative estimate of drug-likeness (QED) is 0.190. The van der Waals surface area contributed by atoms with Crippen molar-refractivity contribution in [3.63, 3.8) is 0 Å². The van der Waals surface area contributed by atoms with Gasteiger partial charge in [0.25, 0.3) is 0 Å². The fraction of sp³-hybridized carbons (Fsp3) is 0. The van der Waals surface area contributed by atoms with Crippen LogP contribution >= 0.6 is 0 Å². The molecule has 0 bridgehead atoms. The SMILES string of the molecule is c1ccc(-c2ccc(N(c3cc(-c4ccccc4)c4oc5ccc6ccccc6c5c4c3)c3cccc4c3oc3ccccc34)cc2)cc1. The van der Waals surface area contributed by atoms with E-state index in [9.17, 15) is 0 Å². The minimum Gasteiger partial charge on any atom is -0.455 e. The molecule has 0 saturated carbocycles. The second-order valence-corrected chi connectivity index (χ2v) is 12.5. The molecule has 0 unspecified atom stereocenters. The molecule has 10 rings (SSSR count). The summed E-state index contributed by atoms with van der Waals surface area (Å²) < 4.78 is 13.4. The number of fused-ring (bicyclic) bond motifs is 8. The zero-order valence-electron chi connectivity index (χ0n) is 26.5. The number of hydrogen-bond acceptors (Lipinski definition) is 3. The molecule has 2 aromatic heterocycles. The number of furan rings is 2. The molecule has 0 atom stereocenters. The smallest absolute Gasteiger partial charge is 0.159 e. The van der Waals surface area contributed by atoms with Crippen LogP contribution in [0, 0.1) is 0 Å². The van der Waals surface area contributed by atoms with Crippen molar-refractivity contribution in [2.24, 2.45) is 0 Å². The van der Waals surface area contributed by atoms with E-state index in [4.69, 9.17) is 8.83 Å². The number of para-hydroxylation sites is 2. The van der Waals surface area contributed by atoms with E-state index in [1.54, 1.807) is 0 Å². The summed E-state index contributed by atoms with van der Waals surface area (Å²) in [7, 11) is 0. The summed E-state index contributed by atoms with van der Waals surface area (Å²) in [6, 6.07) is 61.9. The van der Waals surface area contributed by atoms with E-state index < -0.39 is 0 Å². The van der Waals surface area contributed by atoms with Gasteiger partial charge in [0.15, 0.2) is 5.58 Å². The van der Waals surface area contributed by atoms with Crippen molar-refractivity contribution in [3.05, 3.63) is 176 Å². The maximum atomic E-state index is 6.73. The van der Waals surface area contributed by atoms with Crippen molar-refractivity contribution in [1.82, 2.24) is 0 Å². The molecule has 0 spiro atoms. The second kappa shape index (κ2) is 11.0. The topological polar surface area (TPSA) is 29.5 Å². The van der Waals surface area contributed by atoms with E-state index in [0.717, 1.165) is 72.1 Å². The molecule has 2 heterocycles. The number of rotatable bonds is 5. The Bertz CT molecular complexity index is 2810. The van der Waals surface area contributed by atoms with Crippen LogP contribution in [-0.4, -0.2) is 0 Å². The van der Waals surface area contributed by atoms with Gasteiger partial charge >= 0.3 is 0 Å². The first kappa shape index (κ1) is 27.5. The van der Waals surface area contributed by atoms with Gasteiger partial charge in [-0.25, -0.2) is 0 Å². The van der Waals surface area contributed by atoms with Crippen molar-refractivity contribution in [3.8, 4) is 22.3 Å². The van der Waals surface area contributed by atoms with Crippen LogP contribution in [0.5, 0.6) is 0 Å². The van der Waals surface area contributed by atoms with E-state index in [-0.39, 0.29) is 0 Å². The zero-order valence-corrected chi connectivity index (χ0v) is 26.5. The Balaban J connectivity index is 1.29. The molecule has 0 radical (unpaired) electrons. The lowest BCUT2D eigenvalue weighted by molar-refractivity contribution is 0.669. The van der Waals surface area contributed by atoms with Crippen molar-refractivity contribution in [1.29, 1.82) is 0 Å². The summed E-state index contributed by atoms with van der Waals surface area (Å²) in [6.45, 7) is 0. The van der Waals surface area contributed by atoms with Crippen LogP contribution < -0.4 is 4.90 Å². The van der Waals surface area contributed by atoms with Gasteiger partial charge in [-0.2, -0.15) is 0 Å². The van der Waals surface area contributed by atoms with Crippen LogP contribution in [-0.2, 0) is 0 Å². The molecular formula is C46H29NO2. The van der Waals surface area contributed by atoms with E-state index in [0.29, 0.717) is 0 Å². The predicted octanol–water partition coefficient (Wildman–Crippen LogP) is 13.4. The second-order valence-electron chi connectivity index (χ2n) is 12.5. The van der Waals surface area contributed by atoms with Crippen molar-refractivity contribution in [2.45, 2.75) is 0 Å². The molecule has 10 aromatic rings. The summed E-state index contributed by atoms with van der Waals surface area (Å²) in [6.07, 6.45) is 0. The molecule has 0 N–H and O–H groups in total. The van der Waals surface area contributed by atoms with Crippen molar-refractivity contribution < 1.29 is 8.83 Å². The van der Waals surface area contributed by atoms with Crippen LogP contribution in [0.15, 0.2) is 185 Å². The first-order valence-corrected chi connectivity index (χ1v) is 16.6. The summed E-state index contributed by atoms with van der Waals surface area (Å²) in [5.41, 5.74) is 11.0. The number of hydrogen-bond donors (Lipinski definition) is 0. The molecule has 0 fully saturated rings. The highest BCUT2D eigenvalue weighted by Gasteiger charge is 2.23. The lowest BCUT2D eigenvalue weighted by atomic mass is 9.98. The van der Waals surface area contributed by atoms with Gasteiger partial charge in [-0.05, 0) is 69.9 Å². The van der Waals surface area contributed by atoms with Gasteiger partial charge < -0.3 is 13.7 Å². The highest BCUT2D eigenvalue weighted by atomic mass is 16.3. The van der Waals surface area contributed by atoms with Crippen molar-refractivity contribution >= 4 is 71.7 Å². The summed E-state index contributed by atoms with van der Waals surface area (Å²) in [5.74, 6) is 0. The molecule has 0 aliphatic rings. The van der Waals surface area contributed by atoms with E-state index >= 15 is 0 Å². The fourth-order valence-electron chi connectivity index (χ4n) is 7.36. The van der Waals surface area contributed by atoms with E-state index in [2.05, 4.69) is 169 Å². The van der Waals surface area contributed by atoms with Gasteiger partial charge in [-0.3, -0.25) is 0 Å². The number of nitrogens with zero attached hydrogens (tertiary/aromatic N) is 1. The Morgan fingerprint density at radius 1 is 0.367 bits per heavy atom.